The zero-order valence-corrected chi connectivity index (χ0v) is 14.4. The highest BCUT2D eigenvalue weighted by atomic mass is 19.3. The molecule has 0 radical (unpaired) electrons. The number of carbonyl (C=O) groups is 2. The van der Waals surface area contributed by atoms with Gasteiger partial charge in [-0.25, -0.2) is 13.2 Å². The summed E-state index contributed by atoms with van der Waals surface area (Å²) in [6.07, 6.45) is 3.06. The molecule has 4 nitrogen and oxygen atoms in total. The van der Waals surface area contributed by atoms with Crippen molar-refractivity contribution in [3.8, 4) is 0 Å². The monoisotopic (exact) mass is 366 g/mol. The van der Waals surface area contributed by atoms with E-state index >= 15 is 0 Å². The van der Waals surface area contributed by atoms with Crippen LogP contribution in [-0.2, 0) is 4.79 Å². The fourth-order valence-corrected chi connectivity index (χ4v) is 4.77. The topological polar surface area (TPSA) is 40.6 Å². The second-order valence-corrected chi connectivity index (χ2v) is 7.84. The van der Waals surface area contributed by atoms with E-state index in [2.05, 4.69) is 0 Å². The Hall–Kier alpha value is -2.05. The maximum Gasteiger partial charge on any atom is 0.282 e. The Morgan fingerprint density at radius 1 is 1.08 bits per heavy atom. The largest absolute Gasteiger partial charge is 0.338 e. The fraction of sp³-hybridized carbons (Fsp3) is 0.579. The Bertz CT molecular complexity index is 746. The number of rotatable bonds is 2. The van der Waals surface area contributed by atoms with Crippen LogP contribution in [0.5, 0.6) is 0 Å². The van der Waals surface area contributed by atoms with Gasteiger partial charge in [-0.3, -0.25) is 9.59 Å². The molecule has 26 heavy (non-hydrogen) atoms. The summed E-state index contributed by atoms with van der Waals surface area (Å²) < 4.78 is 39.6. The summed E-state index contributed by atoms with van der Waals surface area (Å²) in [4.78, 5) is 28.3. The molecule has 1 spiro atoms. The molecule has 0 N–H and O–H groups in total. The zero-order chi connectivity index (χ0) is 18.5. The fourth-order valence-electron chi connectivity index (χ4n) is 4.77. The molecular formula is C19H21F3N2O2. The third kappa shape index (κ3) is 2.87. The molecule has 3 fully saturated rings. The molecule has 3 aliphatic rings. The lowest BCUT2D eigenvalue weighted by molar-refractivity contribution is -0.172. The maximum atomic E-state index is 13.4. The van der Waals surface area contributed by atoms with Gasteiger partial charge in [0.15, 0.2) is 0 Å². The van der Waals surface area contributed by atoms with Gasteiger partial charge in [0.2, 0.25) is 5.91 Å². The number of amides is 2. The number of hydrogen-bond acceptors (Lipinski definition) is 2. The highest BCUT2D eigenvalue weighted by Gasteiger charge is 2.55. The Balaban J connectivity index is 1.47. The molecule has 2 amide bonds. The van der Waals surface area contributed by atoms with E-state index in [9.17, 15) is 22.8 Å². The van der Waals surface area contributed by atoms with Crippen molar-refractivity contribution in [2.24, 2.45) is 11.3 Å². The van der Waals surface area contributed by atoms with Crippen molar-refractivity contribution in [1.29, 1.82) is 0 Å². The molecule has 1 aromatic carbocycles. The van der Waals surface area contributed by atoms with Gasteiger partial charge in [0, 0.05) is 30.0 Å². The van der Waals surface area contributed by atoms with Gasteiger partial charge < -0.3 is 9.80 Å². The zero-order valence-electron chi connectivity index (χ0n) is 14.4. The van der Waals surface area contributed by atoms with Gasteiger partial charge in [-0.15, -0.1) is 0 Å². The van der Waals surface area contributed by atoms with E-state index in [0.717, 1.165) is 12.8 Å². The molecule has 1 saturated carbocycles. The molecule has 1 aromatic rings. The first kappa shape index (κ1) is 17.4. The van der Waals surface area contributed by atoms with Crippen LogP contribution in [0.2, 0.25) is 0 Å². The average molecular weight is 366 g/mol. The molecule has 2 heterocycles. The van der Waals surface area contributed by atoms with Crippen LogP contribution in [0.1, 0.15) is 36.0 Å². The van der Waals surface area contributed by atoms with Crippen LogP contribution >= 0.6 is 0 Å². The summed E-state index contributed by atoms with van der Waals surface area (Å²) in [7, 11) is 0. The van der Waals surface area contributed by atoms with E-state index in [1.165, 1.54) is 23.1 Å². The number of benzene rings is 1. The quantitative estimate of drug-likeness (QED) is 0.808. The van der Waals surface area contributed by atoms with Crippen LogP contribution in [-0.4, -0.2) is 53.7 Å². The third-order valence-electron chi connectivity index (χ3n) is 6.10. The van der Waals surface area contributed by atoms with Gasteiger partial charge >= 0.3 is 0 Å². The Morgan fingerprint density at radius 3 is 2.54 bits per heavy atom. The molecule has 140 valence electrons. The lowest BCUT2D eigenvalue weighted by Crippen LogP contribution is -2.60. The molecule has 0 bridgehead atoms. The van der Waals surface area contributed by atoms with Gasteiger partial charge in [0.1, 0.15) is 5.82 Å². The predicted octanol–water partition coefficient (Wildman–Crippen LogP) is 2.94. The van der Waals surface area contributed by atoms with E-state index < -0.39 is 24.8 Å². The summed E-state index contributed by atoms with van der Waals surface area (Å²) in [5, 5.41) is 0. The SMILES string of the molecule is O=C(c1cccc(F)c1)N1CC[C@@]2(CCC[C@H]2C(=O)N2CC(F)(F)C2)C1. The maximum absolute atomic E-state index is 13.4. The molecule has 7 heteroatoms. The number of hydrogen-bond donors (Lipinski definition) is 0. The van der Waals surface area contributed by atoms with E-state index in [-0.39, 0.29) is 23.1 Å². The molecule has 1 aliphatic carbocycles. The van der Waals surface area contributed by atoms with E-state index in [4.69, 9.17) is 0 Å². The summed E-state index contributed by atoms with van der Waals surface area (Å²) in [6.45, 7) is -0.0486. The summed E-state index contributed by atoms with van der Waals surface area (Å²) in [6, 6.07) is 5.58. The van der Waals surface area contributed by atoms with E-state index in [0.29, 0.717) is 31.5 Å². The lowest BCUT2D eigenvalue weighted by Gasteiger charge is -2.42. The summed E-state index contributed by atoms with van der Waals surface area (Å²) in [5.41, 5.74) is -0.0318. The number of likely N-dealkylation sites (tertiary alicyclic amines) is 2. The van der Waals surface area contributed by atoms with Gasteiger partial charge in [-0.2, -0.15) is 0 Å². The van der Waals surface area contributed by atoms with Gasteiger partial charge in [-0.1, -0.05) is 12.5 Å². The van der Waals surface area contributed by atoms with Crippen LogP contribution in [0.3, 0.4) is 0 Å². The predicted molar refractivity (Wildman–Crippen MR) is 88.2 cm³/mol. The van der Waals surface area contributed by atoms with Crippen molar-refractivity contribution in [2.75, 3.05) is 26.2 Å². The summed E-state index contributed by atoms with van der Waals surface area (Å²) in [5.74, 6) is -3.97. The minimum Gasteiger partial charge on any atom is -0.338 e. The van der Waals surface area contributed by atoms with E-state index in [1.54, 1.807) is 11.0 Å². The van der Waals surface area contributed by atoms with Crippen molar-refractivity contribution in [2.45, 2.75) is 31.6 Å². The summed E-state index contributed by atoms with van der Waals surface area (Å²) >= 11 is 0. The molecule has 0 aromatic heterocycles. The highest BCUT2D eigenvalue weighted by molar-refractivity contribution is 5.94. The Morgan fingerprint density at radius 2 is 1.85 bits per heavy atom. The second kappa shape index (κ2) is 5.99. The number of halogens is 3. The molecular weight excluding hydrogens is 345 g/mol. The highest BCUT2D eigenvalue weighted by Crippen LogP contribution is 2.51. The Kier molecular flexibility index (Phi) is 4.00. The lowest BCUT2D eigenvalue weighted by atomic mass is 9.76. The molecule has 4 rings (SSSR count). The standard InChI is InChI=1S/C19H21F3N2O2/c20-14-4-1-3-13(9-14)16(25)23-8-7-18(10-23)6-2-5-15(18)17(26)24-11-19(21,22)12-24/h1,3-4,9,15H,2,5-8,10-12H2/t15-,18-/m0/s1. The van der Waals surface area contributed by atoms with E-state index in [1.807, 2.05) is 0 Å². The van der Waals surface area contributed by atoms with Crippen LogP contribution in [0.4, 0.5) is 13.2 Å². The van der Waals surface area contributed by atoms with Crippen molar-refractivity contribution >= 4 is 11.8 Å². The van der Waals surface area contributed by atoms with Gasteiger partial charge in [0.25, 0.3) is 11.8 Å². The molecule has 2 aliphatic heterocycles. The second-order valence-electron chi connectivity index (χ2n) is 7.84. The van der Waals surface area contributed by atoms with Crippen molar-refractivity contribution in [3.63, 3.8) is 0 Å². The molecule has 2 saturated heterocycles. The molecule has 2 atom stereocenters. The number of carbonyl (C=O) groups excluding carboxylic acids is 2. The first-order chi connectivity index (χ1) is 12.3. The van der Waals surface area contributed by atoms with Crippen LogP contribution in [0.25, 0.3) is 0 Å². The van der Waals surface area contributed by atoms with Gasteiger partial charge in [-0.05, 0) is 37.5 Å². The molecule has 0 unspecified atom stereocenters. The number of nitrogens with zero attached hydrogens (tertiary/aromatic N) is 2. The van der Waals surface area contributed by atoms with Crippen molar-refractivity contribution in [3.05, 3.63) is 35.6 Å². The van der Waals surface area contributed by atoms with Crippen LogP contribution in [0.15, 0.2) is 24.3 Å². The first-order valence-corrected chi connectivity index (χ1v) is 9.01. The van der Waals surface area contributed by atoms with Gasteiger partial charge in [0.05, 0.1) is 13.1 Å². The van der Waals surface area contributed by atoms with Crippen LogP contribution in [0, 0.1) is 17.2 Å². The number of alkyl halides is 2. The van der Waals surface area contributed by atoms with Crippen LogP contribution < -0.4 is 0 Å². The minimum atomic E-state index is -2.77. The minimum absolute atomic E-state index is 0.200. The average Bonchev–Trinajstić information content (AvgIpc) is 3.19. The Labute approximate surface area is 149 Å². The third-order valence-corrected chi connectivity index (χ3v) is 6.10. The smallest absolute Gasteiger partial charge is 0.282 e. The van der Waals surface area contributed by atoms with Crippen molar-refractivity contribution in [1.82, 2.24) is 9.80 Å². The first-order valence-electron chi connectivity index (χ1n) is 9.01. The normalized spacial score (nSPS) is 29.9. The van der Waals surface area contributed by atoms with Crippen molar-refractivity contribution < 1.29 is 22.8 Å².